The van der Waals surface area contributed by atoms with Crippen molar-refractivity contribution in [2.24, 2.45) is 0 Å². The molecule has 2 aromatic carbocycles. The fraction of sp³-hybridized carbons (Fsp3) is 0. The molecule has 3 aromatic rings. The standard InChI is InChI=1S/C13H7Cl3N2O2/c14-6-1-2-12(19)11(3-6)18-10-5-8(16)7(15)4-9(10)17-13(18)20/h1-5,19H,(H,17,20). The van der Waals surface area contributed by atoms with Gasteiger partial charge in [0, 0.05) is 5.02 Å². The maximum absolute atomic E-state index is 12.1. The largest absolute Gasteiger partial charge is 0.506 e. The van der Waals surface area contributed by atoms with Crippen molar-refractivity contribution in [1.82, 2.24) is 9.55 Å². The van der Waals surface area contributed by atoms with E-state index in [1.54, 1.807) is 12.1 Å². The summed E-state index contributed by atoms with van der Waals surface area (Å²) in [5.41, 5.74) is 0.869. The van der Waals surface area contributed by atoms with Crippen LogP contribution in [0.15, 0.2) is 35.1 Å². The normalized spacial score (nSPS) is 11.2. The lowest BCUT2D eigenvalue weighted by molar-refractivity contribution is 0.472. The minimum Gasteiger partial charge on any atom is -0.506 e. The molecular formula is C13H7Cl3N2O2. The zero-order valence-electron chi connectivity index (χ0n) is 9.82. The third-order valence-corrected chi connectivity index (χ3v) is 3.86. The highest BCUT2D eigenvalue weighted by Crippen LogP contribution is 2.30. The molecule has 4 nitrogen and oxygen atoms in total. The van der Waals surface area contributed by atoms with Gasteiger partial charge >= 0.3 is 5.69 Å². The number of H-pyrrole nitrogens is 1. The molecule has 102 valence electrons. The topological polar surface area (TPSA) is 58.0 Å². The first-order chi connectivity index (χ1) is 9.47. The number of phenolic OH excluding ortho intramolecular Hbond substituents is 1. The predicted octanol–water partition coefficient (Wildman–Crippen LogP) is 3.98. The molecule has 0 atom stereocenters. The van der Waals surface area contributed by atoms with Crippen LogP contribution in [0.2, 0.25) is 15.1 Å². The average Bonchev–Trinajstić information content (AvgIpc) is 2.69. The first kappa shape index (κ1) is 13.4. The van der Waals surface area contributed by atoms with Crippen LogP contribution in [0.5, 0.6) is 5.75 Å². The van der Waals surface area contributed by atoms with E-state index in [-0.39, 0.29) is 11.4 Å². The van der Waals surface area contributed by atoms with Crippen LogP contribution in [0.25, 0.3) is 16.7 Å². The summed E-state index contributed by atoms with van der Waals surface area (Å²) in [4.78, 5) is 14.7. The summed E-state index contributed by atoms with van der Waals surface area (Å²) in [5.74, 6) is -0.0662. The van der Waals surface area contributed by atoms with Gasteiger partial charge in [0.05, 0.1) is 26.8 Å². The number of fused-ring (bicyclic) bond motifs is 1. The number of hydrogen-bond donors (Lipinski definition) is 2. The predicted molar refractivity (Wildman–Crippen MR) is 80.6 cm³/mol. The van der Waals surface area contributed by atoms with Crippen molar-refractivity contribution in [3.8, 4) is 11.4 Å². The summed E-state index contributed by atoms with van der Waals surface area (Å²) in [6, 6.07) is 7.55. The maximum Gasteiger partial charge on any atom is 0.331 e. The number of aromatic hydroxyl groups is 1. The Morgan fingerprint density at radius 1 is 1.05 bits per heavy atom. The van der Waals surface area contributed by atoms with Crippen LogP contribution in [0.1, 0.15) is 0 Å². The Hall–Kier alpha value is -1.62. The molecule has 0 saturated carbocycles. The van der Waals surface area contributed by atoms with Gasteiger partial charge in [-0.25, -0.2) is 4.79 Å². The Labute approximate surface area is 128 Å². The molecule has 0 radical (unpaired) electrons. The number of hydrogen-bond acceptors (Lipinski definition) is 2. The Bertz CT molecular complexity index is 883. The summed E-state index contributed by atoms with van der Waals surface area (Å²) in [7, 11) is 0. The number of benzene rings is 2. The summed E-state index contributed by atoms with van der Waals surface area (Å²) in [6.07, 6.45) is 0. The molecule has 0 spiro atoms. The second-order valence-corrected chi connectivity index (χ2v) is 5.43. The number of phenols is 1. The minimum absolute atomic E-state index is 0.0662. The van der Waals surface area contributed by atoms with Crippen LogP contribution >= 0.6 is 34.8 Å². The van der Waals surface area contributed by atoms with Crippen LogP contribution in [0.3, 0.4) is 0 Å². The fourth-order valence-corrected chi connectivity index (χ4v) is 2.50. The Balaban J connectivity index is 2.42. The van der Waals surface area contributed by atoms with Gasteiger partial charge in [0.15, 0.2) is 0 Å². The Morgan fingerprint density at radius 2 is 1.75 bits per heavy atom. The van der Waals surface area contributed by atoms with Crippen molar-refractivity contribution in [3.63, 3.8) is 0 Å². The van der Waals surface area contributed by atoms with Crippen LogP contribution < -0.4 is 5.69 Å². The van der Waals surface area contributed by atoms with Gasteiger partial charge in [0.25, 0.3) is 0 Å². The van der Waals surface area contributed by atoms with Gasteiger partial charge in [0.2, 0.25) is 0 Å². The molecule has 0 aliphatic rings. The summed E-state index contributed by atoms with van der Waals surface area (Å²) >= 11 is 17.8. The molecule has 0 fully saturated rings. The van der Waals surface area contributed by atoms with E-state index >= 15 is 0 Å². The van der Waals surface area contributed by atoms with Gasteiger partial charge in [-0.1, -0.05) is 34.8 Å². The number of imidazole rings is 1. The van der Waals surface area contributed by atoms with E-state index in [2.05, 4.69) is 4.98 Å². The number of rotatable bonds is 1. The molecule has 0 bridgehead atoms. The highest BCUT2D eigenvalue weighted by molar-refractivity contribution is 6.42. The Kier molecular flexibility index (Phi) is 3.17. The van der Waals surface area contributed by atoms with Gasteiger partial charge < -0.3 is 10.1 Å². The van der Waals surface area contributed by atoms with Crippen molar-refractivity contribution in [3.05, 3.63) is 55.9 Å². The van der Waals surface area contributed by atoms with E-state index in [0.717, 1.165) is 0 Å². The van der Waals surface area contributed by atoms with Gasteiger partial charge in [0.1, 0.15) is 5.75 Å². The maximum atomic E-state index is 12.1. The third kappa shape index (κ3) is 2.06. The van der Waals surface area contributed by atoms with Crippen molar-refractivity contribution in [2.75, 3.05) is 0 Å². The smallest absolute Gasteiger partial charge is 0.331 e. The third-order valence-electron chi connectivity index (χ3n) is 2.90. The summed E-state index contributed by atoms with van der Waals surface area (Å²) in [6.45, 7) is 0. The molecule has 0 aliphatic heterocycles. The average molecular weight is 330 g/mol. The number of aromatic amines is 1. The molecule has 2 N–H and O–H groups in total. The van der Waals surface area contributed by atoms with Gasteiger partial charge in [-0.2, -0.15) is 0 Å². The number of halogens is 3. The molecule has 20 heavy (non-hydrogen) atoms. The molecular weight excluding hydrogens is 323 g/mol. The first-order valence-corrected chi connectivity index (χ1v) is 6.69. The van der Waals surface area contributed by atoms with E-state index in [4.69, 9.17) is 34.8 Å². The second-order valence-electron chi connectivity index (χ2n) is 4.18. The fourth-order valence-electron chi connectivity index (χ4n) is 2.02. The van der Waals surface area contributed by atoms with E-state index in [1.165, 1.54) is 22.8 Å². The molecule has 3 rings (SSSR count). The van der Waals surface area contributed by atoms with E-state index in [9.17, 15) is 9.90 Å². The van der Waals surface area contributed by atoms with Crippen LogP contribution in [-0.2, 0) is 0 Å². The first-order valence-electron chi connectivity index (χ1n) is 5.56. The Morgan fingerprint density at radius 3 is 2.50 bits per heavy atom. The molecule has 1 aromatic heterocycles. The zero-order chi connectivity index (χ0) is 14.4. The monoisotopic (exact) mass is 328 g/mol. The van der Waals surface area contributed by atoms with Crippen molar-refractivity contribution in [1.29, 1.82) is 0 Å². The lowest BCUT2D eigenvalue weighted by Crippen LogP contribution is -2.14. The van der Waals surface area contributed by atoms with Gasteiger partial charge in [-0.05, 0) is 30.3 Å². The molecule has 1 heterocycles. The number of nitrogens with one attached hydrogen (secondary N) is 1. The van der Waals surface area contributed by atoms with E-state index < -0.39 is 5.69 Å². The van der Waals surface area contributed by atoms with Gasteiger partial charge in [-0.15, -0.1) is 0 Å². The van der Waals surface area contributed by atoms with Crippen LogP contribution in [0, 0.1) is 0 Å². The van der Waals surface area contributed by atoms with Crippen molar-refractivity contribution >= 4 is 45.8 Å². The molecule has 0 unspecified atom stereocenters. The molecule has 0 saturated heterocycles. The second kappa shape index (κ2) is 4.74. The van der Waals surface area contributed by atoms with Gasteiger partial charge in [-0.3, -0.25) is 4.57 Å². The number of nitrogens with zero attached hydrogens (tertiary/aromatic N) is 1. The summed E-state index contributed by atoms with van der Waals surface area (Å²) < 4.78 is 1.29. The number of aromatic nitrogens is 2. The van der Waals surface area contributed by atoms with Crippen molar-refractivity contribution < 1.29 is 5.11 Å². The van der Waals surface area contributed by atoms with E-state index in [1.807, 2.05) is 0 Å². The highest BCUT2D eigenvalue weighted by atomic mass is 35.5. The summed E-state index contributed by atoms with van der Waals surface area (Å²) in [5, 5.41) is 11.0. The molecule has 7 heteroatoms. The molecule has 0 amide bonds. The quantitative estimate of drug-likeness (QED) is 0.709. The lowest BCUT2D eigenvalue weighted by atomic mass is 10.2. The van der Waals surface area contributed by atoms with Crippen LogP contribution in [-0.4, -0.2) is 14.7 Å². The minimum atomic E-state index is -0.420. The highest BCUT2D eigenvalue weighted by Gasteiger charge is 2.14. The lowest BCUT2D eigenvalue weighted by Gasteiger charge is -2.07. The van der Waals surface area contributed by atoms with Crippen LogP contribution in [0.4, 0.5) is 0 Å². The zero-order valence-corrected chi connectivity index (χ0v) is 12.1. The van der Waals surface area contributed by atoms with E-state index in [0.29, 0.717) is 26.1 Å². The SMILES string of the molecule is O=c1[nH]c2cc(Cl)c(Cl)cc2n1-c1cc(Cl)ccc1O. The molecule has 0 aliphatic carbocycles. The van der Waals surface area contributed by atoms with Crippen molar-refractivity contribution in [2.45, 2.75) is 0 Å².